The molecule has 0 amide bonds. The van der Waals surface area contributed by atoms with Crippen molar-refractivity contribution < 1.29 is 51.4 Å². The van der Waals surface area contributed by atoms with Crippen LogP contribution in [-0.4, -0.2) is 0 Å². The van der Waals surface area contributed by atoms with E-state index in [2.05, 4.69) is 33.8 Å². The first kappa shape index (κ1) is 13.8. The molecule has 5 atom stereocenters. The Bertz CT molecular complexity index is 307. The standard InChI is InChI=1S/C15H23.K/c1-10(2)6-5-7-14(3)11-8-12-13(9-11)15(12,14)4;/h6,11-13H,1,5,7-9H2,2-4H3;/q;+1/t11?,12-,13+,14-,15?;/m1./s1. The Kier molecular flexibility index (Phi) is 3.62. The average Bonchev–Trinajstić information content (AvgIpc) is 2.53. The van der Waals surface area contributed by atoms with Crippen molar-refractivity contribution in [3.8, 4) is 0 Å². The van der Waals surface area contributed by atoms with Gasteiger partial charge < -0.3 is 0 Å². The van der Waals surface area contributed by atoms with Crippen LogP contribution in [0.15, 0.2) is 12.2 Å². The molecule has 0 aromatic heterocycles. The average molecular weight is 242 g/mol. The Balaban J connectivity index is 0.000000963. The molecule has 0 saturated heterocycles. The van der Waals surface area contributed by atoms with Gasteiger partial charge in [-0.05, 0) is 67.6 Å². The summed E-state index contributed by atoms with van der Waals surface area (Å²) in [5, 5.41) is 0. The summed E-state index contributed by atoms with van der Waals surface area (Å²) in [5.74, 6) is 3.27. The molecule has 0 heterocycles. The second-order valence-corrected chi connectivity index (χ2v) is 6.67. The molecule has 0 aromatic rings. The summed E-state index contributed by atoms with van der Waals surface area (Å²) in [6.07, 6.45) is 8.06. The van der Waals surface area contributed by atoms with Gasteiger partial charge in [-0.25, -0.2) is 0 Å². The maximum Gasteiger partial charge on any atom is 1.00 e. The van der Waals surface area contributed by atoms with Gasteiger partial charge in [0.25, 0.3) is 0 Å². The number of hydrogen-bond donors (Lipinski definition) is 0. The zero-order valence-corrected chi connectivity index (χ0v) is 14.5. The zero-order chi connectivity index (χ0) is 10.8. The summed E-state index contributed by atoms with van der Waals surface area (Å²) in [6, 6.07) is 0. The van der Waals surface area contributed by atoms with E-state index in [0.717, 1.165) is 23.2 Å². The fourth-order valence-corrected chi connectivity index (χ4v) is 5.12. The molecule has 4 rings (SSSR count). The molecule has 0 aliphatic heterocycles. The van der Waals surface area contributed by atoms with Gasteiger partial charge >= 0.3 is 51.4 Å². The molecular weight excluding hydrogens is 219 g/mol. The van der Waals surface area contributed by atoms with Gasteiger partial charge in [0.05, 0.1) is 0 Å². The van der Waals surface area contributed by atoms with Crippen LogP contribution in [0.4, 0.5) is 0 Å². The van der Waals surface area contributed by atoms with Crippen LogP contribution in [0.2, 0.25) is 0 Å². The number of allylic oxidation sites excluding steroid dienone is 1. The third-order valence-electron chi connectivity index (χ3n) is 6.28. The van der Waals surface area contributed by atoms with Crippen LogP contribution in [0.3, 0.4) is 0 Å². The number of rotatable bonds is 4. The second kappa shape index (κ2) is 4.20. The van der Waals surface area contributed by atoms with E-state index in [1.54, 1.807) is 12.8 Å². The van der Waals surface area contributed by atoms with Crippen LogP contribution in [0.5, 0.6) is 0 Å². The van der Waals surface area contributed by atoms with E-state index in [-0.39, 0.29) is 51.4 Å². The van der Waals surface area contributed by atoms with Crippen LogP contribution in [0.25, 0.3) is 0 Å². The van der Waals surface area contributed by atoms with Crippen molar-refractivity contribution in [1.29, 1.82) is 0 Å². The molecule has 16 heavy (non-hydrogen) atoms. The minimum absolute atomic E-state index is 0. The van der Waals surface area contributed by atoms with E-state index in [9.17, 15) is 0 Å². The molecule has 4 aliphatic carbocycles. The molecule has 0 N–H and O–H groups in total. The first-order valence-corrected chi connectivity index (χ1v) is 6.49. The fourth-order valence-electron chi connectivity index (χ4n) is 5.12. The van der Waals surface area contributed by atoms with Gasteiger partial charge in [-0.3, -0.25) is 0 Å². The maximum atomic E-state index is 3.96. The normalized spacial score (nSPS) is 51.3. The minimum Gasteiger partial charge on any atom is -0.0998 e. The van der Waals surface area contributed by atoms with Crippen molar-refractivity contribution in [3.63, 3.8) is 0 Å². The van der Waals surface area contributed by atoms with Crippen LogP contribution in [-0.2, 0) is 0 Å². The minimum atomic E-state index is 0. The molecular formula is C15H23K+. The van der Waals surface area contributed by atoms with E-state index in [4.69, 9.17) is 0 Å². The Labute approximate surface area is 143 Å². The molecule has 1 radical (unpaired) electrons. The zero-order valence-electron chi connectivity index (χ0n) is 11.3. The monoisotopic (exact) mass is 242 g/mol. The molecule has 1 heteroatoms. The van der Waals surface area contributed by atoms with Crippen molar-refractivity contribution in [3.05, 3.63) is 18.6 Å². The summed E-state index contributed by atoms with van der Waals surface area (Å²) < 4.78 is 0. The third-order valence-corrected chi connectivity index (χ3v) is 6.28. The quantitative estimate of drug-likeness (QED) is 0.651. The first-order chi connectivity index (χ1) is 7.00. The smallest absolute Gasteiger partial charge is 0.0998 e. The maximum absolute atomic E-state index is 3.96. The van der Waals surface area contributed by atoms with Gasteiger partial charge in [-0.2, -0.15) is 0 Å². The molecule has 4 bridgehead atoms. The predicted molar refractivity (Wildman–Crippen MR) is 64.3 cm³/mol. The van der Waals surface area contributed by atoms with Gasteiger partial charge in [0, 0.05) is 0 Å². The summed E-state index contributed by atoms with van der Waals surface area (Å²) in [5.41, 5.74) is 2.64. The first-order valence-electron chi connectivity index (χ1n) is 6.49. The van der Waals surface area contributed by atoms with E-state index in [1.807, 2.05) is 0 Å². The van der Waals surface area contributed by atoms with Crippen LogP contribution in [0, 0.1) is 35.0 Å². The number of hydrogen-bond acceptors (Lipinski definition) is 0. The van der Waals surface area contributed by atoms with Crippen molar-refractivity contribution in [1.82, 2.24) is 0 Å². The van der Waals surface area contributed by atoms with Crippen molar-refractivity contribution >= 4 is 0 Å². The summed E-state index contributed by atoms with van der Waals surface area (Å²) >= 11 is 0. The fraction of sp³-hybridized carbons (Fsp3) is 0.800. The van der Waals surface area contributed by atoms with Gasteiger partial charge in [0.15, 0.2) is 0 Å². The SMILES string of the molecule is C=C(C)[CH]CC[C@]1(C)C2C[C@@H]3[C@H](C2)C31C.[K+]. The largest absolute Gasteiger partial charge is 1.00 e. The van der Waals surface area contributed by atoms with Crippen molar-refractivity contribution in [2.45, 2.75) is 46.5 Å². The van der Waals surface area contributed by atoms with Gasteiger partial charge in [0.2, 0.25) is 0 Å². The van der Waals surface area contributed by atoms with E-state index in [0.29, 0.717) is 5.41 Å². The summed E-state index contributed by atoms with van der Waals surface area (Å²) in [4.78, 5) is 0. The Morgan fingerprint density at radius 1 is 1.31 bits per heavy atom. The molecule has 2 unspecified atom stereocenters. The Hall–Kier alpha value is 1.38. The predicted octanol–water partition coefficient (Wildman–Crippen LogP) is 1.23. The molecule has 0 aromatic carbocycles. The van der Waals surface area contributed by atoms with Gasteiger partial charge in [-0.1, -0.05) is 26.0 Å². The van der Waals surface area contributed by atoms with E-state index in [1.165, 1.54) is 18.4 Å². The van der Waals surface area contributed by atoms with E-state index < -0.39 is 0 Å². The summed E-state index contributed by atoms with van der Waals surface area (Å²) in [7, 11) is 0. The van der Waals surface area contributed by atoms with Gasteiger partial charge in [0.1, 0.15) is 0 Å². The van der Waals surface area contributed by atoms with Crippen LogP contribution >= 0.6 is 0 Å². The molecule has 83 valence electrons. The topological polar surface area (TPSA) is 0 Å². The van der Waals surface area contributed by atoms with E-state index >= 15 is 0 Å². The summed E-state index contributed by atoms with van der Waals surface area (Å²) in [6.45, 7) is 11.2. The molecule has 0 nitrogen and oxygen atoms in total. The molecule has 0 spiro atoms. The Morgan fingerprint density at radius 2 is 1.88 bits per heavy atom. The molecule has 4 fully saturated rings. The second-order valence-electron chi connectivity index (χ2n) is 6.67. The van der Waals surface area contributed by atoms with Crippen LogP contribution < -0.4 is 51.4 Å². The third kappa shape index (κ3) is 1.54. The Morgan fingerprint density at radius 3 is 2.25 bits per heavy atom. The molecule has 4 saturated carbocycles. The van der Waals surface area contributed by atoms with Crippen molar-refractivity contribution in [2.75, 3.05) is 0 Å². The van der Waals surface area contributed by atoms with Gasteiger partial charge in [-0.15, -0.1) is 0 Å². The molecule has 4 aliphatic rings. The van der Waals surface area contributed by atoms with Crippen LogP contribution in [0.1, 0.15) is 46.5 Å². The van der Waals surface area contributed by atoms with Crippen molar-refractivity contribution in [2.24, 2.45) is 28.6 Å².